The number of carbonyl (C=O) groups is 2. The quantitative estimate of drug-likeness (QED) is 0.0356. The molecule has 0 aliphatic carbocycles. The van der Waals surface area contributed by atoms with E-state index in [2.05, 4.69) is 179 Å². The van der Waals surface area contributed by atoms with Crippen molar-refractivity contribution in [3.63, 3.8) is 0 Å². The van der Waals surface area contributed by atoms with Gasteiger partial charge in [-0.25, -0.2) is 9.59 Å². The molecule has 0 bridgehead atoms. The molecule has 94 heavy (non-hydrogen) atoms. The molecule has 0 unspecified atom stereocenters. The third kappa shape index (κ3) is 13.2. The highest BCUT2D eigenvalue weighted by Gasteiger charge is 2.30. The lowest BCUT2D eigenvalue weighted by Crippen LogP contribution is -2.18. The van der Waals surface area contributed by atoms with Crippen molar-refractivity contribution < 1.29 is 29.3 Å². The second kappa shape index (κ2) is 34.0. The van der Waals surface area contributed by atoms with E-state index in [4.69, 9.17) is 9.47 Å². The van der Waals surface area contributed by atoms with Crippen molar-refractivity contribution in [3.8, 4) is 0 Å². The predicted octanol–water partition coefficient (Wildman–Crippen LogP) is 22.4. The normalized spacial score (nSPS) is 11.6. The molecule has 8 heteroatoms. The zero-order chi connectivity index (χ0) is 69.2. The first-order chi connectivity index (χ1) is 45.5. The Kier molecular flexibility index (Phi) is 27.4. The van der Waals surface area contributed by atoms with Gasteiger partial charge in [-0.3, -0.25) is 0 Å². The van der Waals surface area contributed by atoms with Crippen molar-refractivity contribution in [3.05, 3.63) is 170 Å². The molecule has 0 atom stereocenters. The molecule has 9 rings (SSSR count). The molecule has 0 saturated heterocycles. The number of aliphatic hydroxyl groups excluding tert-OH is 2. The lowest BCUT2D eigenvalue weighted by molar-refractivity contribution is 0.0553. The number of halogens is 2. The zero-order valence-corrected chi connectivity index (χ0v) is 64.5. The Bertz CT molecular complexity index is 3680. The van der Waals surface area contributed by atoms with Crippen molar-refractivity contribution in [2.45, 2.75) is 264 Å². The molecule has 0 radical (unpaired) electrons. The number of carbonyl (C=O) groups excluding carboxylic acids is 2. The lowest BCUT2D eigenvalue weighted by atomic mass is 9.81. The van der Waals surface area contributed by atoms with Crippen LogP contribution in [-0.4, -0.2) is 36.4 Å². The summed E-state index contributed by atoms with van der Waals surface area (Å²) in [5, 5.41) is 38.0. The van der Waals surface area contributed by atoms with Gasteiger partial charge in [0.25, 0.3) is 0 Å². The largest absolute Gasteiger partial charge is 0.465 e. The number of rotatable bonds is 24. The maximum absolute atomic E-state index is 13.0. The number of aryl methyl sites for hydroxylation is 12. The van der Waals surface area contributed by atoms with Gasteiger partial charge < -0.3 is 19.7 Å². The van der Waals surface area contributed by atoms with E-state index >= 15 is 0 Å². The Labute approximate surface area is 582 Å². The number of ether oxygens (including phenoxy) is 2. The molecular formula is C86H112Br2O6. The Morgan fingerprint density at radius 2 is 0.383 bits per heavy atom. The van der Waals surface area contributed by atoms with Crippen LogP contribution in [0.5, 0.6) is 0 Å². The molecule has 0 spiro atoms. The standard InChI is InChI=1S/C30H38O4.C28H36Br2.C28H38O2/c1-9-17-18(10-2)20(12-4)24-16-26-22(14-6)28(30(32)34-8)27(29(31)33-7)21(13-5)25(26)15-23(24)19(17)11-3;2*1-7-17-18(8-2)20(10-4)24-14-26-22(12-6)28(16-30)27(15-29)21(11-5)25(26)13-23(24)19(17)9-3/h15-16H,9-14H2,1-8H3;13-14H,7-12,15-16H2,1-6H3;13-14,29-30H,7-12,15-16H2,1-6H3. The first-order valence-corrected chi connectivity index (χ1v) is 38.5. The third-order valence-electron chi connectivity index (χ3n) is 21.4. The fourth-order valence-electron chi connectivity index (χ4n) is 17.5. The number of fused-ring (bicyclic) bond motifs is 6. The molecular weight excluding hydrogens is 1290 g/mol. The smallest absolute Gasteiger partial charge is 0.339 e. The van der Waals surface area contributed by atoms with Crippen LogP contribution in [0.15, 0.2) is 36.4 Å². The molecule has 0 heterocycles. The van der Waals surface area contributed by atoms with Gasteiger partial charge in [0.05, 0.1) is 38.6 Å². The van der Waals surface area contributed by atoms with Gasteiger partial charge in [0.15, 0.2) is 0 Å². The minimum atomic E-state index is -0.491. The summed E-state index contributed by atoms with van der Waals surface area (Å²) in [6.07, 6.45) is 17.6. The van der Waals surface area contributed by atoms with Gasteiger partial charge in [0.2, 0.25) is 0 Å². The monoisotopic (exact) mass is 1400 g/mol. The molecule has 2 N–H and O–H groups in total. The van der Waals surface area contributed by atoms with Crippen LogP contribution in [0.3, 0.4) is 0 Å². The average Bonchev–Trinajstić information content (AvgIpc) is 0.740. The molecule has 6 nitrogen and oxygen atoms in total. The van der Waals surface area contributed by atoms with Crippen LogP contribution in [0.25, 0.3) is 64.6 Å². The number of esters is 2. The first kappa shape index (κ1) is 75.7. The highest BCUT2D eigenvalue weighted by Crippen LogP contribution is 2.45. The van der Waals surface area contributed by atoms with Crippen LogP contribution in [0.2, 0.25) is 0 Å². The van der Waals surface area contributed by atoms with Crippen molar-refractivity contribution in [1.82, 2.24) is 0 Å². The van der Waals surface area contributed by atoms with Gasteiger partial charge in [-0.1, -0.05) is 156 Å². The number of hydrogen-bond donors (Lipinski definition) is 2. The Balaban J connectivity index is 0.000000200. The van der Waals surface area contributed by atoms with Crippen LogP contribution >= 0.6 is 31.9 Å². The molecule has 0 fully saturated rings. The predicted molar refractivity (Wildman–Crippen MR) is 413 cm³/mol. The maximum Gasteiger partial charge on any atom is 0.339 e. The third-order valence-corrected chi connectivity index (χ3v) is 22.5. The van der Waals surface area contributed by atoms with Gasteiger partial charge >= 0.3 is 11.9 Å². The molecule has 0 aliphatic rings. The summed E-state index contributed by atoms with van der Waals surface area (Å²) in [6.45, 7) is 40.3. The van der Waals surface area contributed by atoms with E-state index in [1.165, 1.54) is 146 Å². The average molecular weight is 1400 g/mol. The second-order valence-corrected chi connectivity index (χ2v) is 26.2. The maximum atomic E-state index is 13.0. The van der Waals surface area contributed by atoms with Gasteiger partial charge in [-0.2, -0.15) is 0 Å². The molecule has 0 aliphatic heterocycles. The second-order valence-electron chi connectivity index (χ2n) is 25.0. The highest BCUT2D eigenvalue weighted by atomic mass is 79.9. The molecule has 0 amide bonds. The highest BCUT2D eigenvalue weighted by molar-refractivity contribution is 9.09. The number of hydrogen-bond acceptors (Lipinski definition) is 6. The van der Waals surface area contributed by atoms with Gasteiger partial charge in [0.1, 0.15) is 0 Å². The van der Waals surface area contributed by atoms with Crippen LogP contribution in [-0.2, 0) is 149 Å². The van der Waals surface area contributed by atoms with Crippen molar-refractivity contribution in [2.75, 3.05) is 14.2 Å². The Morgan fingerprint density at radius 1 is 0.245 bits per heavy atom. The SMILES string of the molecule is CCc1c(CC)c(CC)c2cc3c(CC)c(C(=O)OC)c(C(=O)OC)c(CC)c3cc2c1CC.CCc1c(CC)c(CC)c2cc3c(CC)c(CBr)c(CBr)c(CC)c3cc2c1CC.CCc1c(CC)c(CC)c2cc3c(CC)c(CO)c(CO)c(CC)c3cc2c1CC. The summed E-state index contributed by atoms with van der Waals surface area (Å²) in [6, 6.07) is 14.5. The van der Waals surface area contributed by atoms with Gasteiger partial charge in [0, 0.05) is 10.7 Å². The molecule has 9 aromatic rings. The Hall–Kier alpha value is -5.64. The molecule has 9 aromatic carbocycles. The molecule has 506 valence electrons. The van der Waals surface area contributed by atoms with E-state index in [1.807, 2.05) is 13.8 Å². The fraction of sp³-hybridized carbons (Fsp3) is 0.488. The minimum Gasteiger partial charge on any atom is -0.465 e. The van der Waals surface area contributed by atoms with E-state index in [0.717, 1.165) is 146 Å². The molecule has 0 aromatic heterocycles. The van der Waals surface area contributed by atoms with Crippen molar-refractivity contribution in [2.24, 2.45) is 0 Å². The topological polar surface area (TPSA) is 93.1 Å². The summed E-state index contributed by atoms with van der Waals surface area (Å²) in [4.78, 5) is 26.0. The number of alkyl halides is 2. The fourth-order valence-corrected chi connectivity index (χ4v) is 18.9. The van der Waals surface area contributed by atoms with E-state index in [1.54, 1.807) is 22.3 Å². The van der Waals surface area contributed by atoms with E-state index in [9.17, 15) is 19.8 Å². The van der Waals surface area contributed by atoms with E-state index in [0.29, 0.717) is 24.0 Å². The van der Waals surface area contributed by atoms with E-state index < -0.39 is 11.9 Å². The number of methoxy groups -OCH3 is 2. The minimum absolute atomic E-state index is 0.0180. The van der Waals surface area contributed by atoms with Crippen molar-refractivity contribution in [1.29, 1.82) is 0 Å². The summed E-state index contributed by atoms with van der Waals surface area (Å²) in [5.41, 5.74) is 30.8. The van der Waals surface area contributed by atoms with Crippen LogP contribution in [0.4, 0.5) is 0 Å². The van der Waals surface area contributed by atoms with Gasteiger partial charge in [-0.05, 0) is 339 Å². The number of aliphatic hydroxyl groups is 2. The molecule has 0 saturated carbocycles. The summed E-state index contributed by atoms with van der Waals surface area (Å²) < 4.78 is 10.3. The summed E-state index contributed by atoms with van der Waals surface area (Å²) >= 11 is 7.62. The van der Waals surface area contributed by atoms with E-state index in [-0.39, 0.29) is 13.2 Å². The summed E-state index contributed by atoms with van der Waals surface area (Å²) in [7, 11) is 2.73. The lowest BCUT2D eigenvalue weighted by Gasteiger charge is -2.24. The Morgan fingerprint density at radius 3 is 0.511 bits per heavy atom. The van der Waals surface area contributed by atoms with Crippen LogP contribution in [0.1, 0.15) is 268 Å². The van der Waals surface area contributed by atoms with Crippen LogP contribution in [0, 0.1) is 0 Å². The summed E-state index contributed by atoms with van der Waals surface area (Å²) in [5.74, 6) is -0.982. The zero-order valence-electron chi connectivity index (χ0n) is 61.3. The van der Waals surface area contributed by atoms with Crippen LogP contribution < -0.4 is 0 Å². The van der Waals surface area contributed by atoms with Crippen molar-refractivity contribution >= 4 is 108 Å². The first-order valence-electron chi connectivity index (χ1n) is 36.3. The number of benzene rings is 9. The van der Waals surface area contributed by atoms with Gasteiger partial charge in [-0.15, -0.1) is 0 Å².